The normalized spacial score (nSPS) is 10.5. The molecule has 0 saturated carbocycles. The molecule has 0 aliphatic rings. The van der Waals surface area contributed by atoms with E-state index in [0.29, 0.717) is 47.0 Å². The molecule has 222 valence electrons. The van der Waals surface area contributed by atoms with Gasteiger partial charge in [0.1, 0.15) is 17.3 Å². The Balaban J connectivity index is 1.63. The number of hydrogen-bond donors (Lipinski definition) is 4. The van der Waals surface area contributed by atoms with Crippen LogP contribution in [0.25, 0.3) is 0 Å². The zero-order valence-electron chi connectivity index (χ0n) is 24.6. The van der Waals surface area contributed by atoms with E-state index in [2.05, 4.69) is 10.6 Å². The lowest BCUT2D eigenvalue weighted by atomic mass is 10.0. The van der Waals surface area contributed by atoms with Gasteiger partial charge in [-0.15, -0.1) is 0 Å². The number of rotatable bonds is 13. The minimum Gasteiger partial charge on any atom is -0.496 e. The number of nitrogens with zero attached hydrogens (tertiary/aromatic N) is 1. The molecule has 0 heterocycles. The molecule has 0 aliphatic carbocycles. The number of nitrogens with two attached hydrogens (primary N) is 1. The van der Waals surface area contributed by atoms with Gasteiger partial charge >= 0.3 is 0 Å². The smallest absolute Gasteiger partial charge is 0.251 e. The maximum Gasteiger partial charge on any atom is 0.251 e. The minimum absolute atomic E-state index is 0.0520. The molecule has 0 aliphatic heterocycles. The van der Waals surface area contributed by atoms with Gasteiger partial charge in [-0.1, -0.05) is 60.7 Å². The van der Waals surface area contributed by atoms with Crippen LogP contribution >= 0.6 is 0 Å². The molecule has 4 aromatic carbocycles. The predicted molar refractivity (Wildman–Crippen MR) is 170 cm³/mol. The molecule has 0 bridgehead atoms. The number of amides is 2. The lowest BCUT2D eigenvalue weighted by Crippen LogP contribution is -2.36. The minimum atomic E-state index is -0.309. The van der Waals surface area contributed by atoms with Crippen molar-refractivity contribution in [1.82, 2.24) is 5.32 Å². The molecule has 0 atom stereocenters. The van der Waals surface area contributed by atoms with Crippen molar-refractivity contribution >= 4 is 29.0 Å². The van der Waals surface area contributed by atoms with Crippen LogP contribution in [0.3, 0.4) is 0 Å². The Hall–Kier alpha value is -5.31. The fourth-order valence-electron chi connectivity index (χ4n) is 4.76. The number of para-hydroxylation sites is 1. The quantitative estimate of drug-likeness (QED) is 0.132. The van der Waals surface area contributed by atoms with Crippen LogP contribution in [0.1, 0.15) is 32.6 Å². The summed E-state index contributed by atoms with van der Waals surface area (Å²) < 4.78 is 10.9. The predicted octanol–water partition coefficient (Wildman–Crippen LogP) is 4.91. The molecule has 4 aromatic rings. The van der Waals surface area contributed by atoms with Crippen molar-refractivity contribution in [3.8, 4) is 11.5 Å². The highest BCUT2D eigenvalue weighted by Crippen LogP contribution is 2.30. The Bertz CT molecular complexity index is 1550. The fourth-order valence-corrected chi connectivity index (χ4v) is 4.76. The van der Waals surface area contributed by atoms with Crippen molar-refractivity contribution < 1.29 is 19.1 Å². The second-order valence-electron chi connectivity index (χ2n) is 10.0. The summed E-state index contributed by atoms with van der Waals surface area (Å²) in [5.74, 6) is 0.504. The molecule has 0 radical (unpaired) electrons. The summed E-state index contributed by atoms with van der Waals surface area (Å²) in [6.07, 6.45) is 0.679. The molecular weight excluding hydrogens is 542 g/mol. The highest BCUT2D eigenvalue weighted by Gasteiger charge is 2.19. The van der Waals surface area contributed by atoms with E-state index in [9.17, 15) is 9.59 Å². The van der Waals surface area contributed by atoms with Gasteiger partial charge in [0, 0.05) is 41.2 Å². The number of ether oxygens (including phenoxy) is 2. The molecule has 9 nitrogen and oxygen atoms in total. The highest BCUT2D eigenvalue weighted by atomic mass is 16.5. The van der Waals surface area contributed by atoms with E-state index in [1.165, 1.54) is 0 Å². The van der Waals surface area contributed by atoms with Crippen molar-refractivity contribution in [3.05, 3.63) is 119 Å². The number of amidine groups is 1. The monoisotopic (exact) mass is 579 g/mol. The van der Waals surface area contributed by atoms with Gasteiger partial charge in [-0.2, -0.15) is 0 Å². The van der Waals surface area contributed by atoms with Crippen molar-refractivity contribution in [2.75, 3.05) is 37.5 Å². The number of benzene rings is 4. The maximum atomic E-state index is 13.3. The van der Waals surface area contributed by atoms with Gasteiger partial charge in [0.15, 0.2) is 0 Å². The third-order valence-corrected chi connectivity index (χ3v) is 7.10. The Morgan fingerprint density at radius 1 is 0.860 bits per heavy atom. The van der Waals surface area contributed by atoms with Crippen molar-refractivity contribution in [2.24, 2.45) is 5.73 Å². The molecule has 4 rings (SSSR count). The van der Waals surface area contributed by atoms with Crippen LogP contribution in [0.15, 0.2) is 91.0 Å². The maximum absolute atomic E-state index is 13.3. The van der Waals surface area contributed by atoms with Gasteiger partial charge in [-0.3, -0.25) is 15.0 Å². The lowest BCUT2D eigenvalue weighted by molar-refractivity contribution is -0.115. The topological polar surface area (TPSA) is 130 Å². The summed E-state index contributed by atoms with van der Waals surface area (Å²) in [6.45, 7) is 2.60. The lowest BCUT2D eigenvalue weighted by Gasteiger charge is -2.28. The fraction of sp³-hybridized carbons (Fsp3) is 0.206. The number of methoxy groups -OCH3 is 2. The van der Waals surface area contributed by atoms with Crippen molar-refractivity contribution in [1.29, 1.82) is 5.41 Å². The number of nitrogen functional groups attached to an aromatic ring is 1. The van der Waals surface area contributed by atoms with Gasteiger partial charge in [0.2, 0.25) is 5.91 Å². The SMILES string of the molecule is COc1cc(C(=O)NCc2ccc(C(=N)N)cc2N(CCc2ccccc2)CC(=O)Nc2ccccc2)cc(OC)c1C. The molecule has 0 saturated heterocycles. The standard InChI is InChI=1S/C34H37N5O4/c1-23-30(42-2)19-27(20-31(23)43-3)34(41)37-21-26-15-14-25(33(35)36)18-29(26)39(17-16-24-10-6-4-7-11-24)22-32(40)38-28-12-8-5-9-13-28/h4-15,18-20H,16-17,21-22H2,1-3H3,(H3,35,36)(H,37,41)(H,38,40). The second kappa shape index (κ2) is 14.5. The number of anilines is 2. The van der Waals surface area contributed by atoms with E-state index in [4.69, 9.17) is 20.6 Å². The molecule has 0 spiro atoms. The van der Waals surface area contributed by atoms with Crippen LogP contribution in [0, 0.1) is 12.3 Å². The number of hydrogen-bond acceptors (Lipinski definition) is 6. The van der Waals surface area contributed by atoms with Gasteiger partial charge in [0.25, 0.3) is 5.91 Å². The van der Waals surface area contributed by atoms with Crippen LogP contribution in [0.4, 0.5) is 11.4 Å². The van der Waals surface area contributed by atoms with Crippen LogP contribution in [-0.4, -0.2) is 45.0 Å². The van der Waals surface area contributed by atoms with Gasteiger partial charge in [0.05, 0.1) is 20.8 Å². The van der Waals surface area contributed by atoms with Crippen molar-refractivity contribution in [3.63, 3.8) is 0 Å². The molecule has 0 aromatic heterocycles. The number of nitrogens with one attached hydrogen (secondary N) is 3. The first-order chi connectivity index (χ1) is 20.8. The molecule has 2 amide bonds. The van der Waals surface area contributed by atoms with Crippen LogP contribution < -0.4 is 30.7 Å². The highest BCUT2D eigenvalue weighted by molar-refractivity contribution is 5.98. The molecule has 5 N–H and O–H groups in total. The molecule has 43 heavy (non-hydrogen) atoms. The summed E-state index contributed by atoms with van der Waals surface area (Å²) >= 11 is 0. The van der Waals surface area contributed by atoms with Crippen LogP contribution in [0.5, 0.6) is 11.5 Å². The van der Waals surface area contributed by atoms with E-state index < -0.39 is 0 Å². The van der Waals surface area contributed by atoms with E-state index in [-0.39, 0.29) is 30.7 Å². The third kappa shape index (κ3) is 8.13. The summed E-state index contributed by atoms with van der Waals surface area (Å²) in [4.78, 5) is 28.4. The van der Waals surface area contributed by atoms with E-state index in [0.717, 1.165) is 16.7 Å². The number of carbonyl (C=O) groups excluding carboxylic acids is 2. The summed E-state index contributed by atoms with van der Waals surface area (Å²) in [5, 5.41) is 14.0. The van der Waals surface area contributed by atoms with Gasteiger partial charge < -0.3 is 30.7 Å². The Morgan fingerprint density at radius 3 is 2.09 bits per heavy atom. The summed E-state index contributed by atoms with van der Waals surface area (Å²) in [6, 6.07) is 28.0. The zero-order valence-corrected chi connectivity index (χ0v) is 24.6. The van der Waals surface area contributed by atoms with Gasteiger partial charge in [-0.05, 0) is 54.8 Å². The van der Waals surface area contributed by atoms with E-state index in [1.54, 1.807) is 38.5 Å². The Labute approximate surface area is 252 Å². The largest absolute Gasteiger partial charge is 0.496 e. The summed E-state index contributed by atoms with van der Waals surface area (Å²) in [7, 11) is 3.09. The molecule has 9 heteroatoms. The van der Waals surface area contributed by atoms with Crippen LogP contribution in [-0.2, 0) is 17.8 Å². The number of carbonyl (C=O) groups is 2. The average Bonchev–Trinajstić information content (AvgIpc) is 3.02. The van der Waals surface area contributed by atoms with Crippen LogP contribution in [0.2, 0.25) is 0 Å². The first-order valence-corrected chi connectivity index (χ1v) is 13.9. The average molecular weight is 580 g/mol. The van der Waals surface area contributed by atoms with Crippen molar-refractivity contribution in [2.45, 2.75) is 19.9 Å². The molecule has 0 unspecified atom stereocenters. The second-order valence-corrected chi connectivity index (χ2v) is 10.0. The first-order valence-electron chi connectivity index (χ1n) is 13.9. The van der Waals surface area contributed by atoms with Gasteiger partial charge in [-0.25, -0.2) is 0 Å². The Kier molecular flexibility index (Phi) is 10.4. The zero-order chi connectivity index (χ0) is 30.8. The third-order valence-electron chi connectivity index (χ3n) is 7.10. The van der Waals surface area contributed by atoms with E-state index >= 15 is 0 Å². The molecular formula is C34H37N5O4. The first kappa shape index (κ1) is 30.6. The summed E-state index contributed by atoms with van der Waals surface area (Å²) in [5.41, 5.74) is 10.9. The van der Waals surface area contributed by atoms with E-state index in [1.807, 2.05) is 78.6 Å². The Morgan fingerprint density at radius 2 is 1.49 bits per heavy atom. The molecule has 0 fully saturated rings.